The lowest BCUT2D eigenvalue weighted by molar-refractivity contribution is 0.169. The standard InChI is InChI=1S/C10H14O/c1-3-5-6-7-8-10-11-9-4-2/h3-4H,1-2,5,8-10H2. The fourth-order valence-corrected chi connectivity index (χ4v) is 0.523. The molecule has 0 aliphatic carbocycles. The van der Waals surface area contributed by atoms with Crippen LogP contribution in [0, 0.1) is 11.8 Å². The third-order valence-electron chi connectivity index (χ3n) is 0.979. The molecular formula is C10H14O. The van der Waals surface area contributed by atoms with Crippen LogP contribution >= 0.6 is 0 Å². The highest BCUT2D eigenvalue weighted by Crippen LogP contribution is 1.81. The van der Waals surface area contributed by atoms with E-state index >= 15 is 0 Å². The first kappa shape index (κ1) is 10.0. The Morgan fingerprint density at radius 1 is 1.18 bits per heavy atom. The zero-order valence-electron chi connectivity index (χ0n) is 6.81. The average Bonchev–Trinajstić information content (AvgIpc) is 2.03. The number of allylic oxidation sites excluding steroid dienone is 1. The molecule has 1 nitrogen and oxygen atoms in total. The lowest BCUT2D eigenvalue weighted by Crippen LogP contribution is -1.91. The molecule has 0 spiro atoms. The molecule has 0 amide bonds. The van der Waals surface area contributed by atoms with Crippen molar-refractivity contribution in [2.75, 3.05) is 13.2 Å². The highest BCUT2D eigenvalue weighted by atomic mass is 16.5. The number of hydrogen-bond donors (Lipinski definition) is 0. The molecule has 0 rings (SSSR count). The van der Waals surface area contributed by atoms with Gasteiger partial charge >= 0.3 is 0 Å². The molecule has 0 aliphatic rings. The van der Waals surface area contributed by atoms with E-state index in [1.807, 2.05) is 0 Å². The summed E-state index contributed by atoms with van der Waals surface area (Å²) in [4.78, 5) is 0. The summed E-state index contributed by atoms with van der Waals surface area (Å²) in [6.07, 6.45) is 5.08. The first-order valence-corrected chi connectivity index (χ1v) is 3.67. The Hall–Kier alpha value is -1.00. The van der Waals surface area contributed by atoms with Gasteiger partial charge in [-0.05, 0) is 0 Å². The maximum atomic E-state index is 5.12. The normalized spacial score (nSPS) is 8.00. The topological polar surface area (TPSA) is 9.23 Å². The van der Waals surface area contributed by atoms with Crippen LogP contribution in [0.4, 0.5) is 0 Å². The van der Waals surface area contributed by atoms with Crippen molar-refractivity contribution < 1.29 is 4.74 Å². The molecule has 0 bridgehead atoms. The molecule has 0 fully saturated rings. The van der Waals surface area contributed by atoms with E-state index in [2.05, 4.69) is 25.0 Å². The van der Waals surface area contributed by atoms with Gasteiger partial charge in [-0.2, -0.15) is 0 Å². The molecule has 0 aromatic rings. The molecule has 0 aromatic carbocycles. The second-order valence-electron chi connectivity index (χ2n) is 1.96. The van der Waals surface area contributed by atoms with Gasteiger partial charge in [-0.3, -0.25) is 0 Å². The molecule has 1 heteroatoms. The lowest BCUT2D eigenvalue weighted by atomic mass is 10.4. The summed E-state index contributed by atoms with van der Waals surface area (Å²) < 4.78 is 5.12. The van der Waals surface area contributed by atoms with Crippen molar-refractivity contribution in [1.82, 2.24) is 0 Å². The van der Waals surface area contributed by atoms with Crippen LogP contribution in [0.5, 0.6) is 0 Å². The Balaban J connectivity index is 3.07. The van der Waals surface area contributed by atoms with Crippen molar-refractivity contribution in [1.29, 1.82) is 0 Å². The zero-order chi connectivity index (χ0) is 8.36. The van der Waals surface area contributed by atoms with Crippen LogP contribution in [0.25, 0.3) is 0 Å². The van der Waals surface area contributed by atoms with Gasteiger partial charge in [0.25, 0.3) is 0 Å². The van der Waals surface area contributed by atoms with Crippen LogP contribution in [0.2, 0.25) is 0 Å². The third kappa shape index (κ3) is 9.00. The summed E-state index contributed by atoms with van der Waals surface area (Å²) in [5.41, 5.74) is 0. The summed E-state index contributed by atoms with van der Waals surface area (Å²) in [5.74, 6) is 5.90. The van der Waals surface area contributed by atoms with E-state index in [1.54, 1.807) is 12.2 Å². The van der Waals surface area contributed by atoms with Gasteiger partial charge in [0, 0.05) is 12.8 Å². The molecular weight excluding hydrogens is 136 g/mol. The van der Waals surface area contributed by atoms with Crippen LogP contribution < -0.4 is 0 Å². The second kappa shape index (κ2) is 9.00. The first-order valence-electron chi connectivity index (χ1n) is 3.67. The predicted octanol–water partition coefficient (Wildman–Crippen LogP) is 2.16. The molecule has 0 heterocycles. The van der Waals surface area contributed by atoms with Crippen molar-refractivity contribution >= 4 is 0 Å². The second-order valence-corrected chi connectivity index (χ2v) is 1.96. The van der Waals surface area contributed by atoms with E-state index in [-0.39, 0.29) is 0 Å². The van der Waals surface area contributed by atoms with Gasteiger partial charge in [0.2, 0.25) is 0 Å². The van der Waals surface area contributed by atoms with Crippen molar-refractivity contribution in [3.8, 4) is 11.8 Å². The fraction of sp³-hybridized carbons (Fsp3) is 0.400. The molecule has 0 saturated carbocycles. The summed E-state index contributed by atoms with van der Waals surface area (Å²) in [5, 5.41) is 0. The van der Waals surface area contributed by atoms with Crippen molar-refractivity contribution in [3.63, 3.8) is 0 Å². The highest BCUT2D eigenvalue weighted by molar-refractivity contribution is 5.02. The molecule has 0 aliphatic heterocycles. The molecule has 0 radical (unpaired) electrons. The van der Waals surface area contributed by atoms with Gasteiger partial charge in [0.05, 0.1) is 13.2 Å². The zero-order valence-corrected chi connectivity index (χ0v) is 6.81. The molecule has 0 unspecified atom stereocenters. The minimum absolute atomic E-state index is 0.614. The molecule has 0 aromatic heterocycles. The van der Waals surface area contributed by atoms with Gasteiger partial charge in [-0.1, -0.05) is 18.1 Å². The van der Waals surface area contributed by atoms with Gasteiger partial charge in [0.1, 0.15) is 0 Å². The summed E-state index contributed by atoms with van der Waals surface area (Å²) in [6, 6.07) is 0. The number of rotatable bonds is 5. The monoisotopic (exact) mass is 150 g/mol. The van der Waals surface area contributed by atoms with Gasteiger partial charge in [-0.25, -0.2) is 0 Å². The van der Waals surface area contributed by atoms with Crippen LogP contribution in [0.15, 0.2) is 25.3 Å². The Kier molecular flexibility index (Phi) is 8.18. The number of ether oxygens (including phenoxy) is 1. The Morgan fingerprint density at radius 2 is 2.00 bits per heavy atom. The molecule has 11 heavy (non-hydrogen) atoms. The maximum absolute atomic E-state index is 5.12. The lowest BCUT2D eigenvalue weighted by Gasteiger charge is -1.93. The smallest absolute Gasteiger partial charge is 0.0645 e. The van der Waals surface area contributed by atoms with Crippen LogP contribution in [0.3, 0.4) is 0 Å². The minimum atomic E-state index is 0.614. The third-order valence-corrected chi connectivity index (χ3v) is 0.979. The minimum Gasteiger partial charge on any atom is -0.376 e. The van der Waals surface area contributed by atoms with E-state index in [1.165, 1.54) is 0 Å². The highest BCUT2D eigenvalue weighted by Gasteiger charge is 1.78. The largest absolute Gasteiger partial charge is 0.376 e. The van der Waals surface area contributed by atoms with Gasteiger partial charge in [0.15, 0.2) is 0 Å². The summed E-state index contributed by atoms with van der Waals surface area (Å²) >= 11 is 0. The molecule has 60 valence electrons. The maximum Gasteiger partial charge on any atom is 0.0645 e. The predicted molar refractivity (Wildman–Crippen MR) is 48.2 cm³/mol. The van der Waals surface area contributed by atoms with Gasteiger partial charge in [-0.15, -0.1) is 19.1 Å². The van der Waals surface area contributed by atoms with Crippen molar-refractivity contribution in [2.24, 2.45) is 0 Å². The molecule has 0 N–H and O–H groups in total. The van der Waals surface area contributed by atoms with Crippen molar-refractivity contribution in [2.45, 2.75) is 12.8 Å². The Bertz CT molecular complexity index is 159. The molecule has 0 atom stereocenters. The summed E-state index contributed by atoms with van der Waals surface area (Å²) in [7, 11) is 0. The number of hydrogen-bond acceptors (Lipinski definition) is 1. The van der Waals surface area contributed by atoms with Crippen LogP contribution in [-0.2, 0) is 4.74 Å². The quantitative estimate of drug-likeness (QED) is 0.331. The fourth-order valence-electron chi connectivity index (χ4n) is 0.523. The summed E-state index contributed by atoms with van der Waals surface area (Å²) in [6.45, 7) is 8.40. The van der Waals surface area contributed by atoms with E-state index in [4.69, 9.17) is 4.74 Å². The van der Waals surface area contributed by atoms with E-state index < -0.39 is 0 Å². The van der Waals surface area contributed by atoms with E-state index in [0.717, 1.165) is 12.8 Å². The average molecular weight is 150 g/mol. The Labute approximate surface area is 68.8 Å². The Morgan fingerprint density at radius 3 is 2.64 bits per heavy atom. The first-order chi connectivity index (χ1) is 5.41. The van der Waals surface area contributed by atoms with Crippen LogP contribution in [0.1, 0.15) is 12.8 Å². The SMILES string of the molecule is C=CCC#CCCOCC=C. The molecule has 0 saturated heterocycles. The van der Waals surface area contributed by atoms with E-state index in [0.29, 0.717) is 13.2 Å². The van der Waals surface area contributed by atoms with Crippen LogP contribution in [-0.4, -0.2) is 13.2 Å². The van der Waals surface area contributed by atoms with Crippen molar-refractivity contribution in [3.05, 3.63) is 25.3 Å². The van der Waals surface area contributed by atoms with E-state index in [9.17, 15) is 0 Å². The van der Waals surface area contributed by atoms with Gasteiger partial charge < -0.3 is 4.74 Å².